The monoisotopic (exact) mass is 524 g/mol. The molecular formula is C28H45BrO4. The van der Waals surface area contributed by atoms with Crippen LogP contribution < -0.4 is 0 Å². The molecule has 3 saturated carbocycles. The Labute approximate surface area is 209 Å². The third kappa shape index (κ3) is 8.73. The summed E-state index contributed by atoms with van der Waals surface area (Å²) in [5.41, 5.74) is 4.72. The Hall–Kier alpha value is -1.36. The summed E-state index contributed by atoms with van der Waals surface area (Å²) < 4.78 is 0. The van der Waals surface area contributed by atoms with Crippen LogP contribution in [0, 0.1) is 23.2 Å². The van der Waals surface area contributed by atoms with Crippen molar-refractivity contribution in [2.24, 2.45) is 23.2 Å². The number of carboxylic acids is 2. The lowest BCUT2D eigenvalue weighted by Crippen LogP contribution is -2.36. The molecule has 0 heterocycles. The van der Waals surface area contributed by atoms with E-state index in [1.165, 1.54) is 68.9 Å². The molecule has 4 atom stereocenters. The molecule has 3 aliphatic rings. The lowest BCUT2D eigenvalue weighted by Gasteiger charge is -2.44. The molecule has 0 aromatic rings. The van der Waals surface area contributed by atoms with Crippen LogP contribution in [-0.2, 0) is 9.59 Å². The zero-order valence-corrected chi connectivity index (χ0v) is 22.8. The number of hydrogen-bond donors (Lipinski definition) is 2. The van der Waals surface area contributed by atoms with Gasteiger partial charge in [0.05, 0.1) is 0 Å². The fraction of sp³-hybridized carbons (Fsp3) is 0.714. The van der Waals surface area contributed by atoms with Crippen molar-refractivity contribution in [3.05, 3.63) is 35.5 Å². The lowest BCUT2D eigenvalue weighted by atomic mass is 9.61. The quantitative estimate of drug-likeness (QED) is 0.280. The molecule has 0 spiro atoms. The van der Waals surface area contributed by atoms with Gasteiger partial charge in [-0.2, -0.15) is 0 Å². The molecule has 0 radical (unpaired) electrons. The molecule has 0 aliphatic heterocycles. The molecule has 3 aliphatic carbocycles. The highest BCUT2D eigenvalue weighted by molar-refractivity contribution is 9.09. The number of fused-ring (bicyclic) bond motifs is 1. The highest BCUT2D eigenvalue weighted by atomic mass is 79.9. The molecule has 2 unspecified atom stereocenters. The van der Waals surface area contributed by atoms with E-state index in [9.17, 15) is 14.7 Å². The number of aliphatic carboxylic acids is 2. The van der Waals surface area contributed by atoms with Crippen LogP contribution in [0.4, 0.5) is 0 Å². The van der Waals surface area contributed by atoms with E-state index in [4.69, 9.17) is 5.11 Å². The summed E-state index contributed by atoms with van der Waals surface area (Å²) in [5.74, 6) is 0.000704. The Balaban J connectivity index is 0.000000689. The summed E-state index contributed by atoms with van der Waals surface area (Å²) in [4.78, 5) is 20.5. The average Bonchev–Trinajstić information content (AvgIpc) is 3.01. The number of carbonyl (C=O) groups is 2. The van der Waals surface area contributed by atoms with Crippen molar-refractivity contribution in [3.8, 4) is 0 Å². The maximum atomic E-state index is 11.2. The van der Waals surface area contributed by atoms with Crippen molar-refractivity contribution in [1.29, 1.82) is 0 Å². The molecule has 3 rings (SSSR count). The van der Waals surface area contributed by atoms with Crippen LogP contribution >= 0.6 is 15.9 Å². The molecular weight excluding hydrogens is 480 g/mol. The van der Waals surface area contributed by atoms with Crippen LogP contribution in [0.3, 0.4) is 0 Å². The zero-order chi connectivity index (χ0) is 25.0. The SMILES string of the molecule is C=C1CCCCC/C1=C/C=C1\CCC[C@@]2(C)C1CCC2[C@H](C)CC(=O)O.CC.O=C(O)CBr. The molecule has 0 saturated heterocycles. The van der Waals surface area contributed by atoms with E-state index in [0.29, 0.717) is 18.3 Å². The maximum absolute atomic E-state index is 11.2. The minimum atomic E-state index is -0.829. The molecule has 2 N–H and O–H groups in total. The van der Waals surface area contributed by atoms with E-state index in [1.807, 2.05) is 13.8 Å². The molecule has 4 nitrogen and oxygen atoms in total. The van der Waals surface area contributed by atoms with E-state index < -0.39 is 11.9 Å². The number of allylic oxidation sites excluding steroid dienone is 5. The van der Waals surface area contributed by atoms with Gasteiger partial charge >= 0.3 is 11.9 Å². The Morgan fingerprint density at radius 3 is 2.30 bits per heavy atom. The maximum Gasteiger partial charge on any atom is 0.314 e. The second-order valence-electron chi connectivity index (χ2n) is 9.80. The molecule has 33 heavy (non-hydrogen) atoms. The number of carboxylic acid groups (broad SMARTS) is 2. The van der Waals surface area contributed by atoms with Gasteiger partial charge in [0.1, 0.15) is 5.33 Å². The fourth-order valence-electron chi connectivity index (χ4n) is 6.21. The Morgan fingerprint density at radius 2 is 1.70 bits per heavy atom. The highest BCUT2D eigenvalue weighted by Crippen LogP contribution is 2.59. The number of hydrogen-bond acceptors (Lipinski definition) is 2. The minimum Gasteiger partial charge on any atom is -0.481 e. The summed E-state index contributed by atoms with van der Waals surface area (Å²) in [6.45, 7) is 12.9. The van der Waals surface area contributed by atoms with E-state index in [2.05, 4.69) is 48.5 Å². The second-order valence-corrected chi connectivity index (χ2v) is 10.4. The van der Waals surface area contributed by atoms with Crippen molar-refractivity contribution in [2.45, 2.75) is 98.3 Å². The van der Waals surface area contributed by atoms with Crippen molar-refractivity contribution >= 4 is 27.9 Å². The first kappa shape index (κ1) is 29.7. The summed E-state index contributed by atoms with van der Waals surface area (Å²) in [5, 5.41) is 16.9. The summed E-state index contributed by atoms with van der Waals surface area (Å²) in [6.07, 6.45) is 17.5. The van der Waals surface area contributed by atoms with Gasteiger partial charge in [0.2, 0.25) is 0 Å². The molecule has 0 bridgehead atoms. The predicted octanol–water partition coefficient (Wildman–Crippen LogP) is 8.18. The van der Waals surface area contributed by atoms with Gasteiger partial charge in [-0.05, 0) is 86.5 Å². The highest BCUT2D eigenvalue weighted by Gasteiger charge is 2.50. The van der Waals surface area contributed by atoms with Crippen LogP contribution in [0.25, 0.3) is 0 Å². The van der Waals surface area contributed by atoms with E-state index >= 15 is 0 Å². The normalized spacial score (nSPS) is 30.3. The van der Waals surface area contributed by atoms with E-state index in [-0.39, 0.29) is 16.7 Å². The first-order valence-electron chi connectivity index (χ1n) is 12.8. The Morgan fingerprint density at radius 1 is 1.06 bits per heavy atom. The summed E-state index contributed by atoms with van der Waals surface area (Å²) in [6, 6.07) is 0. The summed E-state index contributed by atoms with van der Waals surface area (Å²) in [7, 11) is 0. The molecule has 0 aromatic heterocycles. The van der Waals surface area contributed by atoms with Crippen molar-refractivity contribution in [2.75, 3.05) is 5.33 Å². The van der Waals surface area contributed by atoms with Gasteiger partial charge in [-0.15, -0.1) is 0 Å². The zero-order valence-electron chi connectivity index (χ0n) is 21.2. The van der Waals surface area contributed by atoms with Gasteiger partial charge in [-0.1, -0.05) is 79.9 Å². The smallest absolute Gasteiger partial charge is 0.314 e. The van der Waals surface area contributed by atoms with E-state index in [1.54, 1.807) is 5.57 Å². The van der Waals surface area contributed by atoms with Crippen LogP contribution in [0.5, 0.6) is 0 Å². The fourth-order valence-corrected chi connectivity index (χ4v) is 6.21. The molecule has 0 aromatic carbocycles. The predicted molar refractivity (Wildman–Crippen MR) is 141 cm³/mol. The van der Waals surface area contributed by atoms with Crippen molar-refractivity contribution in [3.63, 3.8) is 0 Å². The third-order valence-electron chi connectivity index (χ3n) is 7.71. The topological polar surface area (TPSA) is 74.6 Å². The number of rotatable bonds is 5. The van der Waals surface area contributed by atoms with Gasteiger partial charge in [0.15, 0.2) is 0 Å². The molecule has 5 heteroatoms. The number of alkyl halides is 1. The Bertz CT molecular complexity index is 723. The summed E-state index contributed by atoms with van der Waals surface area (Å²) >= 11 is 2.71. The molecule has 3 fully saturated rings. The van der Waals surface area contributed by atoms with Crippen LogP contribution in [0.2, 0.25) is 0 Å². The van der Waals surface area contributed by atoms with Gasteiger partial charge < -0.3 is 10.2 Å². The van der Waals surface area contributed by atoms with Crippen LogP contribution in [0.1, 0.15) is 98.3 Å². The largest absolute Gasteiger partial charge is 0.481 e. The van der Waals surface area contributed by atoms with Crippen LogP contribution in [0.15, 0.2) is 35.5 Å². The lowest BCUT2D eigenvalue weighted by molar-refractivity contribution is -0.139. The third-order valence-corrected chi connectivity index (χ3v) is 8.19. The standard InChI is InChI=1S/C24H36O2.C2H3BrO2.C2H6/c1-17-8-5-4-6-9-19(17)11-12-20-10-7-15-24(3)21(13-14-22(20)24)18(2)16-23(25)26;3-1-2(4)5;1-2/h11-12,18,21-22H,1,4-10,13-16H2,2-3H3,(H,25,26);1H2,(H,4,5);1-2H3/b19-11-,20-12+;;/t18-,21?,22?,24-;;/m1../s1. The molecule has 188 valence electrons. The van der Waals surface area contributed by atoms with Gasteiger partial charge in [0.25, 0.3) is 0 Å². The second kappa shape index (κ2) is 14.8. The minimum absolute atomic E-state index is 0.0347. The van der Waals surface area contributed by atoms with Gasteiger partial charge in [-0.3, -0.25) is 9.59 Å². The van der Waals surface area contributed by atoms with Gasteiger partial charge in [-0.25, -0.2) is 0 Å². The van der Waals surface area contributed by atoms with Crippen molar-refractivity contribution in [1.82, 2.24) is 0 Å². The number of halogens is 1. The first-order valence-corrected chi connectivity index (χ1v) is 13.9. The Kier molecular flexibility index (Phi) is 13.3. The van der Waals surface area contributed by atoms with Crippen molar-refractivity contribution < 1.29 is 19.8 Å². The first-order chi connectivity index (χ1) is 15.7. The van der Waals surface area contributed by atoms with Gasteiger partial charge in [0, 0.05) is 6.42 Å². The average molecular weight is 526 g/mol. The molecule has 0 amide bonds. The van der Waals surface area contributed by atoms with E-state index in [0.717, 1.165) is 6.42 Å². The van der Waals surface area contributed by atoms with Crippen LogP contribution in [-0.4, -0.2) is 27.5 Å².